The Morgan fingerprint density at radius 1 is 1.14 bits per heavy atom. The molecule has 0 aliphatic carbocycles. The fourth-order valence-electron chi connectivity index (χ4n) is 0.582. The molecule has 1 fully saturated rings. The van der Waals surface area contributed by atoms with Crippen LogP contribution in [0.1, 0.15) is 0 Å². The highest BCUT2D eigenvalue weighted by molar-refractivity contribution is 4.78. The molecule has 0 bridgehead atoms. The van der Waals surface area contributed by atoms with Crippen LogP contribution in [0.15, 0.2) is 0 Å². The summed E-state index contributed by atoms with van der Waals surface area (Å²) in [6.07, 6.45) is -1.19. The van der Waals surface area contributed by atoms with Crippen LogP contribution in [-0.2, 0) is 0 Å². The number of aliphatic hydroxyl groups is 2. The van der Waals surface area contributed by atoms with E-state index in [0.717, 1.165) is 0 Å². The Balaban J connectivity index is 2.33. The molecule has 1 heterocycles. The zero-order valence-electron chi connectivity index (χ0n) is 3.91. The largest absolute Gasteiger partial charge is 0.389 e. The molecule has 1 aliphatic heterocycles. The Morgan fingerprint density at radius 3 is 1.71 bits per heavy atom. The van der Waals surface area contributed by atoms with Crippen molar-refractivity contribution >= 4 is 0 Å². The molecule has 0 aromatic rings. The van der Waals surface area contributed by atoms with E-state index in [2.05, 4.69) is 5.32 Å². The minimum atomic E-state index is -0.597. The third-order valence-electron chi connectivity index (χ3n) is 1.08. The second kappa shape index (κ2) is 1.78. The first-order valence-electron chi connectivity index (χ1n) is 2.30. The maximum Gasteiger partial charge on any atom is 0.0952 e. The molecule has 3 nitrogen and oxygen atoms in total. The predicted octanol–water partition coefficient (Wildman–Crippen LogP) is -1.67. The minimum absolute atomic E-state index is 0.404. The predicted molar refractivity (Wildman–Crippen MR) is 23.9 cm³/mol. The van der Waals surface area contributed by atoms with Crippen LogP contribution in [-0.4, -0.2) is 35.5 Å². The van der Waals surface area contributed by atoms with Gasteiger partial charge in [0.25, 0.3) is 0 Å². The average Bonchev–Trinajstić information content (AvgIpc) is 1.91. The van der Waals surface area contributed by atoms with Crippen LogP contribution in [0.25, 0.3) is 0 Å². The summed E-state index contributed by atoms with van der Waals surface area (Å²) in [5, 5.41) is 21.1. The third kappa shape index (κ3) is 0.907. The maximum atomic E-state index is 8.65. The minimum Gasteiger partial charge on any atom is -0.389 e. The van der Waals surface area contributed by atoms with E-state index in [9.17, 15) is 0 Å². The highest BCUT2D eigenvalue weighted by Gasteiger charge is 2.22. The van der Waals surface area contributed by atoms with Gasteiger partial charge in [-0.2, -0.15) is 0 Å². The normalized spacial score (nSPS) is 42.0. The highest BCUT2D eigenvalue weighted by atomic mass is 16.3. The van der Waals surface area contributed by atoms with Gasteiger partial charge in [0.1, 0.15) is 0 Å². The molecule has 1 rings (SSSR count). The Bertz CT molecular complexity index is 58.7. The van der Waals surface area contributed by atoms with Crippen molar-refractivity contribution < 1.29 is 10.2 Å². The molecule has 2 atom stereocenters. The molecule has 0 saturated carbocycles. The lowest BCUT2D eigenvalue weighted by molar-refractivity contribution is 0.0572. The molecule has 2 N–H and O–H groups in total. The summed E-state index contributed by atoms with van der Waals surface area (Å²) in [6, 6.07) is 0. The summed E-state index contributed by atoms with van der Waals surface area (Å²) < 4.78 is 0. The number of hydrogen-bond acceptors (Lipinski definition) is 2. The molecule has 0 spiro atoms. The van der Waals surface area contributed by atoms with Gasteiger partial charge in [-0.1, -0.05) is 0 Å². The lowest BCUT2D eigenvalue weighted by Gasteiger charge is -2.01. The van der Waals surface area contributed by atoms with E-state index in [-0.39, 0.29) is 0 Å². The van der Waals surface area contributed by atoms with Crippen molar-refractivity contribution in [3.63, 3.8) is 0 Å². The zero-order valence-corrected chi connectivity index (χ0v) is 3.91. The van der Waals surface area contributed by atoms with Crippen molar-refractivity contribution in [2.75, 3.05) is 13.1 Å². The van der Waals surface area contributed by atoms with Gasteiger partial charge in [0.05, 0.1) is 12.2 Å². The summed E-state index contributed by atoms with van der Waals surface area (Å²) in [5.74, 6) is 0. The van der Waals surface area contributed by atoms with Crippen molar-refractivity contribution in [2.24, 2.45) is 0 Å². The summed E-state index contributed by atoms with van der Waals surface area (Å²) in [7, 11) is 0. The second-order valence-electron chi connectivity index (χ2n) is 1.72. The summed E-state index contributed by atoms with van der Waals surface area (Å²) in [5.41, 5.74) is 0. The molecule has 3 heteroatoms. The lowest BCUT2D eigenvalue weighted by Crippen LogP contribution is -2.22. The van der Waals surface area contributed by atoms with Gasteiger partial charge in [-0.15, -0.1) is 0 Å². The van der Waals surface area contributed by atoms with Crippen molar-refractivity contribution in [1.29, 1.82) is 0 Å². The fraction of sp³-hybridized carbons (Fsp3) is 1.00. The quantitative estimate of drug-likeness (QED) is 0.384. The van der Waals surface area contributed by atoms with E-state index < -0.39 is 12.2 Å². The smallest absolute Gasteiger partial charge is 0.0952 e. The molecule has 7 heavy (non-hydrogen) atoms. The SMILES string of the molecule is O[C@H]1C[N]C[C@@H]1O. The molecule has 1 radical (unpaired) electrons. The molecule has 41 valence electrons. The van der Waals surface area contributed by atoms with E-state index in [0.29, 0.717) is 13.1 Å². The van der Waals surface area contributed by atoms with Gasteiger partial charge in [0.2, 0.25) is 0 Å². The standard InChI is InChI=1S/C4H8NO2/c6-3-1-5-2-4(3)7/h3-4,6-7H,1-2H2/t3-,4-/m0/s1. The summed E-state index contributed by atoms with van der Waals surface area (Å²) in [6.45, 7) is 0.808. The number of aliphatic hydroxyl groups excluding tert-OH is 2. The van der Waals surface area contributed by atoms with Crippen molar-refractivity contribution in [2.45, 2.75) is 12.2 Å². The average molecular weight is 102 g/mol. The summed E-state index contributed by atoms with van der Waals surface area (Å²) in [4.78, 5) is 0. The maximum absolute atomic E-state index is 8.65. The molecule has 1 aliphatic rings. The Labute approximate surface area is 42.0 Å². The van der Waals surface area contributed by atoms with Gasteiger partial charge >= 0.3 is 0 Å². The van der Waals surface area contributed by atoms with Crippen LogP contribution < -0.4 is 5.32 Å². The van der Waals surface area contributed by atoms with Gasteiger partial charge in [-0.25, -0.2) is 5.32 Å². The molecular weight excluding hydrogens is 94.0 g/mol. The fourth-order valence-corrected chi connectivity index (χ4v) is 0.582. The van der Waals surface area contributed by atoms with Crippen LogP contribution in [0.2, 0.25) is 0 Å². The van der Waals surface area contributed by atoms with Crippen LogP contribution in [0.4, 0.5) is 0 Å². The molecule has 0 aromatic carbocycles. The van der Waals surface area contributed by atoms with Gasteiger partial charge in [0.15, 0.2) is 0 Å². The van der Waals surface area contributed by atoms with E-state index in [1.165, 1.54) is 0 Å². The van der Waals surface area contributed by atoms with Gasteiger partial charge < -0.3 is 10.2 Å². The van der Waals surface area contributed by atoms with E-state index in [1.54, 1.807) is 0 Å². The van der Waals surface area contributed by atoms with Crippen molar-refractivity contribution in [3.05, 3.63) is 0 Å². The Hall–Kier alpha value is -0.120. The van der Waals surface area contributed by atoms with Crippen molar-refractivity contribution in [3.8, 4) is 0 Å². The first-order chi connectivity index (χ1) is 3.30. The van der Waals surface area contributed by atoms with Crippen LogP contribution in [0.3, 0.4) is 0 Å². The number of nitrogens with zero attached hydrogens (tertiary/aromatic N) is 1. The third-order valence-corrected chi connectivity index (χ3v) is 1.08. The first kappa shape index (κ1) is 5.03. The van der Waals surface area contributed by atoms with E-state index >= 15 is 0 Å². The second-order valence-corrected chi connectivity index (χ2v) is 1.72. The monoisotopic (exact) mass is 102 g/mol. The van der Waals surface area contributed by atoms with Gasteiger partial charge in [-0.05, 0) is 0 Å². The van der Waals surface area contributed by atoms with Crippen LogP contribution in [0, 0.1) is 0 Å². The zero-order chi connectivity index (χ0) is 5.28. The van der Waals surface area contributed by atoms with Crippen molar-refractivity contribution in [1.82, 2.24) is 5.32 Å². The number of rotatable bonds is 0. The first-order valence-corrected chi connectivity index (χ1v) is 2.30. The van der Waals surface area contributed by atoms with E-state index in [1.807, 2.05) is 0 Å². The van der Waals surface area contributed by atoms with Gasteiger partial charge in [-0.3, -0.25) is 0 Å². The molecular formula is C4H8NO2. The van der Waals surface area contributed by atoms with Gasteiger partial charge in [0, 0.05) is 13.1 Å². The molecule has 0 unspecified atom stereocenters. The highest BCUT2D eigenvalue weighted by Crippen LogP contribution is 1.98. The van der Waals surface area contributed by atoms with Crippen LogP contribution in [0.5, 0.6) is 0 Å². The summed E-state index contributed by atoms with van der Waals surface area (Å²) >= 11 is 0. The van der Waals surface area contributed by atoms with Crippen LogP contribution >= 0.6 is 0 Å². The topological polar surface area (TPSA) is 54.6 Å². The molecule has 1 saturated heterocycles. The van der Waals surface area contributed by atoms with E-state index in [4.69, 9.17) is 10.2 Å². The molecule has 0 amide bonds. The number of hydrogen-bond donors (Lipinski definition) is 2. The Kier molecular flexibility index (Phi) is 1.27. The lowest BCUT2D eigenvalue weighted by atomic mass is 10.3. The Morgan fingerprint density at radius 2 is 1.57 bits per heavy atom. The molecule has 0 aromatic heterocycles.